The summed E-state index contributed by atoms with van der Waals surface area (Å²) in [6.07, 6.45) is 2.78. The second kappa shape index (κ2) is 5.53. The molecular weight excluding hydrogens is 214 g/mol. The highest BCUT2D eigenvalue weighted by Crippen LogP contribution is 2.20. The van der Waals surface area contributed by atoms with Gasteiger partial charge in [0.1, 0.15) is 0 Å². The van der Waals surface area contributed by atoms with Gasteiger partial charge in [0.2, 0.25) is 0 Å². The van der Waals surface area contributed by atoms with Crippen LogP contribution in [-0.4, -0.2) is 24.2 Å². The predicted molar refractivity (Wildman–Crippen MR) is 71.4 cm³/mol. The molecule has 1 aromatic carbocycles. The summed E-state index contributed by atoms with van der Waals surface area (Å²) in [4.78, 5) is 12.6. The van der Waals surface area contributed by atoms with Crippen molar-refractivity contribution < 1.29 is 9.90 Å². The Bertz CT molecular complexity index is 436. The lowest BCUT2D eigenvalue weighted by molar-refractivity contribution is -0.131. The first kappa shape index (κ1) is 13.3. The van der Waals surface area contributed by atoms with Crippen molar-refractivity contribution in [2.75, 3.05) is 11.9 Å². The van der Waals surface area contributed by atoms with Crippen molar-refractivity contribution in [3.05, 3.63) is 35.4 Å². The Morgan fingerprint density at radius 3 is 2.53 bits per heavy atom. The molecular formula is C14H19NO2. The quantitative estimate of drug-likeness (QED) is 0.813. The average Bonchev–Trinajstić information content (AvgIpc) is 2.26. The minimum Gasteiger partial charge on any atom is -0.478 e. The number of carboxylic acid groups (broad SMARTS) is 1. The van der Waals surface area contributed by atoms with E-state index in [-0.39, 0.29) is 0 Å². The molecule has 0 aliphatic carbocycles. The molecule has 0 aromatic heterocycles. The van der Waals surface area contributed by atoms with Gasteiger partial charge in [-0.05, 0) is 50.1 Å². The second-order valence-electron chi connectivity index (χ2n) is 4.42. The van der Waals surface area contributed by atoms with Crippen LogP contribution in [0.2, 0.25) is 0 Å². The van der Waals surface area contributed by atoms with Crippen molar-refractivity contribution in [3.63, 3.8) is 0 Å². The number of rotatable bonds is 4. The molecule has 1 N–H and O–H groups in total. The number of aryl methyl sites for hydroxylation is 1. The zero-order chi connectivity index (χ0) is 13.0. The normalized spacial score (nSPS) is 11.1. The van der Waals surface area contributed by atoms with Gasteiger partial charge in [-0.15, -0.1) is 0 Å². The van der Waals surface area contributed by atoms with E-state index < -0.39 is 5.97 Å². The van der Waals surface area contributed by atoms with Gasteiger partial charge >= 0.3 is 5.97 Å². The standard InChI is InChI=1S/C14H19NO2/c1-10(2)15(4)13-7-5-12(11(3)9-13)6-8-14(16)17/h5-10H,1-4H3,(H,16,17)/b8-6+. The zero-order valence-electron chi connectivity index (χ0n) is 10.8. The van der Waals surface area contributed by atoms with Crippen LogP contribution in [0.1, 0.15) is 25.0 Å². The van der Waals surface area contributed by atoms with Gasteiger partial charge in [0.05, 0.1) is 0 Å². The number of hydrogen-bond acceptors (Lipinski definition) is 2. The molecule has 0 aliphatic rings. The molecule has 0 amide bonds. The molecule has 0 heterocycles. The first-order valence-corrected chi connectivity index (χ1v) is 5.66. The maximum absolute atomic E-state index is 10.5. The predicted octanol–water partition coefficient (Wildman–Crippen LogP) is 2.94. The van der Waals surface area contributed by atoms with E-state index in [0.29, 0.717) is 6.04 Å². The Morgan fingerprint density at radius 2 is 2.06 bits per heavy atom. The summed E-state index contributed by atoms with van der Waals surface area (Å²) < 4.78 is 0. The van der Waals surface area contributed by atoms with Crippen molar-refractivity contribution in [2.24, 2.45) is 0 Å². The van der Waals surface area contributed by atoms with Crippen LogP contribution >= 0.6 is 0 Å². The largest absolute Gasteiger partial charge is 0.478 e. The second-order valence-corrected chi connectivity index (χ2v) is 4.42. The van der Waals surface area contributed by atoms with Gasteiger partial charge in [0.15, 0.2) is 0 Å². The van der Waals surface area contributed by atoms with Crippen molar-refractivity contribution >= 4 is 17.7 Å². The van der Waals surface area contributed by atoms with E-state index in [1.807, 2.05) is 26.1 Å². The van der Waals surface area contributed by atoms with Crippen molar-refractivity contribution in [1.29, 1.82) is 0 Å². The molecule has 0 radical (unpaired) electrons. The lowest BCUT2D eigenvalue weighted by Crippen LogP contribution is -2.25. The van der Waals surface area contributed by atoms with Gasteiger partial charge < -0.3 is 10.0 Å². The van der Waals surface area contributed by atoms with E-state index in [2.05, 4.69) is 24.8 Å². The smallest absolute Gasteiger partial charge is 0.328 e. The summed E-state index contributed by atoms with van der Waals surface area (Å²) in [5, 5.41) is 8.59. The first-order valence-electron chi connectivity index (χ1n) is 5.66. The Labute approximate surface area is 102 Å². The molecule has 0 fully saturated rings. The van der Waals surface area contributed by atoms with Gasteiger partial charge in [-0.2, -0.15) is 0 Å². The van der Waals surface area contributed by atoms with Crippen LogP contribution in [0.15, 0.2) is 24.3 Å². The topological polar surface area (TPSA) is 40.5 Å². The number of nitrogens with zero attached hydrogens (tertiary/aromatic N) is 1. The molecule has 0 spiro atoms. The lowest BCUT2D eigenvalue weighted by atomic mass is 10.1. The Hall–Kier alpha value is -1.77. The van der Waals surface area contributed by atoms with Crippen LogP contribution in [-0.2, 0) is 4.79 Å². The third-order valence-electron chi connectivity index (χ3n) is 2.84. The molecule has 0 atom stereocenters. The Balaban J connectivity index is 2.98. The zero-order valence-corrected chi connectivity index (χ0v) is 10.8. The highest BCUT2D eigenvalue weighted by Gasteiger charge is 2.05. The molecule has 3 nitrogen and oxygen atoms in total. The van der Waals surface area contributed by atoms with Gasteiger partial charge in [-0.25, -0.2) is 4.79 Å². The summed E-state index contributed by atoms with van der Waals surface area (Å²) >= 11 is 0. The van der Waals surface area contributed by atoms with E-state index in [4.69, 9.17) is 5.11 Å². The molecule has 17 heavy (non-hydrogen) atoms. The van der Waals surface area contributed by atoms with Crippen LogP contribution < -0.4 is 4.90 Å². The summed E-state index contributed by atoms with van der Waals surface area (Å²) in [6.45, 7) is 6.25. The van der Waals surface area contributed by atoms with Gasteiger partial charge in [-0.3, -0.25) is 0 Å². The molecule has 3 heteroatoms. The SMILES string of the molecule is Cc1cc(N(C)C(C)C)ccc1/C=C/C(=O)O. The molecule has 92 valence electrons. The number of anilines is 1. The van der Waals surface area contributed by atoms with Gasteiger partial charge in [-0.1, -0.05) is 6.07 Å². The van der Waals surface area contributed by atoms with E-state index in [9.17, 15) is 4.79 Å². The number of benzene rings is 1. The minimum atomic E-state index is -0.923. The maximum Gasteiger partial charge on any atom is 0.328 e. The monoisotopic (exact) mass is 233 g/mol. The number of carbonyl (C=O) groups is 1. The van der Waals surface area contributed by atoms with Gasteiger partial charge in [0, 0.05) is 24.9 Å². The Morgan fingerprint density at radius 1 is 1.41 bits per heavy atom. The van der Waals surface area contributed by atoms with E-state index >= 15 is 0 Å². The van der Waals surface area contributed by atoms with Crippen LogP contribution in [0, 0.1) is 6.92 Å². The molecule has 1 aromatic rings. The summed E-state index contributed by atoms with van der Waals surface area (Å²) in [5.41, 5.74) is 3.16. The fraction of sp³-hybridized carbons (Fsp3) is 0.357. The van der Waals surface area contributed by atoms with Crippen molar-refractivity contribution in [2.45, 2.75) is 26.8 Å². The van der Waals surface area contributed by atoms with Crippen LogP contribution in [0.5, 0.6) is 0 Å². The van der Waals surface area contributed by atoms with Crippen LogP contribution in [0.3, 0.4) is 0 Å². The number of hydrogen-bond donors (Lipinski definition) is 1. The minimum absolute atomic E-state index is 0.440. The summed E-state index contributed by atoms with van der Waals surface area (Å²) in [6, 6.07) is 6.47. The highest BCUT2D eigenvalue weighted by atomic mass is 16.4. The molecule has 0 saturated carbocycles. The Kier molecular flexibility index (Phi) is 4.32. The van der Waals surface area contributed by atoms with Crippen molar-refractivity contribution in [3.8, 4) is 0 Å². The summed E-state index contributed by atoms with van der Waals surface area (Å²) in [7, 11) is 2.05. The molecule has 0 saturated heterocycles. The average molecular weight is 233 g/mol. The summed E-state index contributed by atoms with van der Waals surface area (Å²) in [5.74, 6) is -0.923. The lowest BCUT2D eigenvalue weighted by Gasteiger charge is -2.24. The van der Waals surface area contributed by atoms with E-state index in [1.165, 1.54) is 0 Å². The van der Waals surface area contributed by atoms with Crippen LogP contribution in [0.4, 0.5) is 5.69 Å². The van der Waals surface area contributed by atoms with Crippen molar-refractivity contribution in [1.82, 2.24) is 0 Å². The fourth-order valence-corrected chi connectivity index (χ4v) is 1.53. The van der Waals surface area contributed by atoms with E-state index in [0.717, 1.165) is 22.9 Å². The van der Waals surface area contributed by atoms with Crippen LogP contribution in [0.25, 0.3) is 6.08 Å². The van der Waals surface area contributed by atoms with Gasteiger partial charge in [0.25, 0.3) is 0 Å². The highest BCUT2D eigenvalue weighted by molar-refractivity contribution is 5.85. The van der Waals surface area contributed by atoms with E-state index in [1.54, 1.807) is 6.08 Å². The third kappa shape index (κ3) is 3.63. The molecule has 0 aliphatic heterocycles. The number of carboxylic acids is 1. The third-order valence-corrected chi connectivity index (χ3v) is 2.84. The number of aliphatic carboxylic acids is 1. The molecule has 1 rings (SSSR count). The maximum atomic E-state index is 10.5. The fourth-order valence-electron chi connectivity index (χ4n) is 1.53. The molecule has 0 unspecified atom stereocenters. The first-order chi connectivity index (χ1) is 7.91. The molecule has 0 bridgehead atoms.